The van der Waals surface area contributed by atoms with Crippen LogP contribution in [0.3, 0.4) is 0 Å². The molecule has 1 aromatic heterocycles. The highest BCUT2D eigenvalue weighted by atomic mass is 32.1. The maximum Gasteiger partial charge on any atom is 0.228 e. The van der Waals surface area contributed by atoms with Crippen molar-refractivity contribution in [2.45, 2.75) is 31.8 Å². The standard InChI is InChI=1S/C26H28N2O2S/c1-27(18-20-9-4-2-5-10-20)26(30)22-14-15-24(21-11-6-3-7-12-21)28(19-22)25(29)17-23-13-8-16-31-23/h2-13,16,22,24H,14-15,17-19H2,1H3/t22-,24+/m0/s1. The van der Waals surface area contributed by atoms with Crippen molar-refractivity contribution in [2.24, 2.45) is 5.92 Å². The molecule has 0 aliphatic carbocycles. The van der Waals surface area contributed by atoms with E-state index >= 15 is 0 Å². The van der Waals surface area contributed by atoms with Crippen molar-refractivity contribution in [3.05, 3.63) is 94.2 Å². The number of carbonyl (C=O) groups is 2. The van der Waals surface area contributed by atoms with Crippen molar-refractivity contribution in [3.8, 4) is 0 Å². The Kier molecular flexibility index (Phi) is 6.82. The third-order valence-corrected chi connectivity index (χ3v) is 6.86. The second-order valence-corrected chi connectivity index (χ2v) is 9.22. The van der Waals surface area contributed by atoms with E-state index in [1.54, 1.807) is 16.2 Å². The fraction of sp³-hybridized carbons (Fsp3) is 0.308. The molecule has 2 aromatic carbocycles. The summed E-state index contributed by atoms with van der Waals surface area (Å²) in [5.74, 6) is 0.0461. The van der Waals surface area contributed by atoms with Crippen LogP contribution in [0.5, 0.6) is 0 Å². The van der Waals surface area contributed by atoms with Crippen molar-refractivity contribution < 1.29 is 9.59 Å². The Balaban J connectivity index is 1.50. The predicted molar refractivity (Wildman–Crippen MR) is 125 cm³/mol. The van der Waals surface area contributed by atoms with Gasteiger partial charge in [0.15, 0.2) is 0 Å². The maximum atomic E-state index is 13.3. The van der Waals surface area contributed by atoms with Gasteiger partial charge in [-0.3, -0.25) is 9.59 Å². The first-order chi connectivity index (χ1) is 15.1. The Morgan fingerprint density at radius 1 is 0.968 bits per heavy atom. The molecule has 0 bridgehead atoms. The van der Waals surface area contributed by atoms with Gasteiger partial charge in [0, 0.05) is 25.0 Å². The molecule has 0 unspecified atom stereocenters. The summed E-state index contributed by atoms with van der Waals surface area (Å²) in [7, 11) is 1.86. The maximum absolute atomic E-state index is 13.3. The molecule has 4 nitrogen and oxygen atoms in total. The molecule has 1 fully saturated rings. The molecule has 31 heavy (non-hydrogen) atoms. The number of hydrogen-bond donors (Lipinski definition) is 0. The van der Waals surface area contributed by atoms with E-state index in [4.69, 9.17) is 0 Å². The van der Waals surface area contributed by atoms with Crippen LogP contribution < -0.4 is 0 Å². The molecule has 2 amide bonds. The summed E-state index contributed by atoms with van der Waals surface area (Å²) in [6.45, 7) is 1.06. The Bertz CT molecular complexity index is 989. The van der Waals surface area contributed by atoms with Crippen molar-refractivity contribution in [3.63, 3.8) is 0 Å². The topological polar surface area (TPSA) is 40.6 Å². The summed E-state index contributed by atoms with van der Waals surface area (Å²) in [6, 6.07) is 24.2. The first kappa shape index (κ1) is 21.3. The average molecular weight is 433 g/mol. The van der Waals surface area contributed by atoms with Crippen LogP contribution in [0, 0.1) is 5.92 Å². The van der Waals surface area contributed by atoms with Gasteiger partial charge in [0.1, 0.15) is 0 Å². The van der Waals surface area contributed by atoms with Crippen molar-refractivity contribution in [1.29, 1.82) is 0 Å². The van der Waals surface area contributed by atoms with Gasteiger partial charge in [-0.1, -0.05) is 66.7 Å². The highest BCUT2D eigenvalue weighted by Gasteiger charge is 2.36. The molecular weight excluding hydrogens is 404 g/mol. The van der Waals surface area contributed by atoms with Crippen LogP contribution >= 0.6 is 11.3 Å². The SMILES string of the molecule is CN(Cc1ccccc1)C(=O)[C@H]1CC[C@H](c2ccccc2)N(C(=O)Cc2cccs2)C1. The van der Waals surface area contributed by atoms with E-state index in [9.17, 15) is 9.59 Å². The van der Waals surface area contributed by atoms with Crippen molar-refractivity contribution >= 4 is 23.2 Å². The lowest BCUT2D eigenvalue weighted by Gasteiger charge is -2.40. The molecule has 160 valence electrons. The number of amides is 2. The summed E-state index contributed by atoms with van der Waals surface area (Å²) in [6.07, 6.45) is 1.98. The van der Waals surface area contributed by atoms with Gasteiger partial charge < -0.3 is 9.80 Å². The second-order valence-electron chi connectivity index (χ2n) is 8.18. The number of thiophene rings is 1. The van der Waals surface area contributed by atoms with Gasteiger partial charge in [0.05, 0.1) is 18.4 Å². The minimum atomic E-state index is -0.166. The fourth-order valence-electron chi connectivity index (χ4n) is 4.38. The van der Waals surface area contributed by atoms with E-state index in [1.165, 1.54) is 0 Å². The van der Waals surface area contributed by atoms with Crippen LogP contribution in [0.25, 0.3) is 0 Å². The zero-order valence-electron chi connectivity index (χ0n) is 17.8. The van der Waals surface area contributed by atoms with Crippen molar-refractivity contribution in [2.75, 3.05) is 13.6 Å². The molecule has 2 atom stereocenters. The summed E-state index contributed by atoms with van der Waals surface area (Å²) >= 11 is 1.60. The zero-order valence-corrected chi connectivity index (χ0v) is 18.6. The molecule has 0 radical (unpaired) electrons. The number of hydrogen-bond acceptors (Lipinski definition) is 3. The van der Waals surface area contributed by atoms with Gasteiger partial charge in [-0.15, -0.1) is 11.3 Å². The monoisotopic (exact) mass is 432 g/mol. The van der Waals surface area contributed by atoms with Gasteiger partial charge >= 0.3 is 0 Å². The third-order valence-electron chi connectivity index (χ3n) is 5.98. The number of rotatable bonds is 6. The average Bonchev–Trinajstić information content (AvgIpc) is 3.32. The van der Waals surface area contributed by atoms with E-state index in [1.807, 2.05) is 78.0 Å². The normalized spacial score (nSPS) is 18.5. The largest absolute Gasteiger partial charge is 0.341 e. The number of likely N-dealkylation sites (tertiary alicyclic amines) is 1. The number of carbonyl (C=O) groups excluding carboxylic acids is 2. The smallest absolute Gasteiger partial charge is 0.228 e. The fourth-order valence-corrected chi connectivity index (χ4v) is 5.08. The Hall–Kier alpha value is -2.92. The van der Waals surface area contributed by atoms with E-state index in [-0.39, 0.29) is 23.8 Å². The van der Waals surface area contributed by atoms with E-state index in [2.05, 4.69) is 12.1 Å². The first-order valence-corrected chi connectivity index (χ1v) is 11.7. The molecule has 0 spiro atoms. The third kappa shape index (κ3) is 5.23. The molecule has 3 aromatic rings. The minimum absolute atomic E-state index is 0.0251. The molecule has 0 saturated carbocycles. The van der Waals surface area contributed by atoms with Crippen LogP contribution in [-0.4, -0.2) is 35.2 Å². The van der Waals surface area contributed by atoms with Gasteiger partial charge in [-0.25, -0.2) is 0 Å². The summed E-state index contributed by atoms with van der Waals surface area (Å²) < 4.78 is 0. The molecule has 1 aliphatic heterocycles. The summed E-state index contributed by atoms with van der Waals surface area (Å²) in [5.41, 5.74) is 2.26. The van der Waals surface area contributed by atoms with Crippen LogP contribution in [0.15, 0.2) is 78.2 Å². The lowest BCUT2D eigenvalue weighted by Crippen LogP contribution is -2.47. The molecular formula is C26H28N2O2S. The predicted octanol–water partition coefficient (Wildman–Crippen LogP) is 4.93. The van der Waals surface area contributed by atoms with Gasteiger partial charge in [0.25, 0.3) is 0 Å². The van der Waals surface area contributed by atoms with Gasteiger partial charge in [-0.05, 0) is 35.4 Å². The molecule has 5 heteroatoms. The highest BCUT2D eigenvalue weighted by molar-refractivity contribution is 7.10. The number of nitrogens with zero attached hydrogens (tertiary/aromatic N) is 2. The van der Waals surface area contributed by atoms with Crippen LogP contribution in [0.4, 0.5) is 0 Å². The van der Waals surface area contributed by atoms with Gasteiger partial charge in [-0.2, -0.15) is 0 Å². The Morgan fingerprint density at radius 2 is 1.68 bits per heavy atom. The summed E-state index contributed by atoms with van der Waals surface area (Å²) in [4.78, 5) is 31.3. The van der Waals surface area contributed by atoms with E-state index < -0.39 is 0 Å². The quantitative estimate of drug-likeness (QED) is 0.554. The van der Waals surface area contributed by atoms with E-state index in [0.29, 0.717) is 19.5 Å². The van der Waals surface area contributed by atoms with Gasteiger partial charge in [0.2, 0.25) is 11.8 Å². The first-order valence-electron chi connectivity index (χ1n) is 10.8. The molecule has 1 aliphatic rings. The number of piperidine rings is 1. The molecule has 0 N–H and O–H groups in total. The molecule has 2 heterocycles. The van der Waals surface area contributed by atoms with Crippen LogP contribution in [-0.2, 0) is 22.6 Å². The van der Waals surface area contributed by atoms with Crippen LogP contribution in [0.1, 0.15) is 34.9 Å². The Morgan fingerprint density at radius 3 is 2.35 bits per heavy atom. The zero-order chi connectivity index (χ0) is 21.6. The lowest BCUT2D eigenvalue weighted by atomic mass is 9.87. The lowest BCUT2D eigenvalue weighted by molar-refractivity contribution is -0.142. The van der Waals surface area contributed by atoms with E-state index in [0.717, 1.165) is 28.8 Å². The molecule has 4 rings (SSSR count). The number of benzene rings is 2. The van der Waals surface area contributed by atoms with Crippen LogP contribution in [0.2, 0.25) is 0 Å². The Labute approximate surface area is 188 Å². The minimum Gasteiger partial charge on any atom is -0.341 e. The highest BCUT2D eigenvalue weighted by Crippen LogP contribution is 2.35. The van der Waals surface area contributed by atoms with Crippen molar-refractivity contribution in [1.82, 2.24) is 9.80 Å². The molecule has 1 saturated heterocycles. The second kappa shape index (κ2) is 9.92. The summed E-state index contributed by atoms with van der Waals surface area (Å²) in [5, 5.41) is 2.00.